The van der Waals surface area contributed by atoms with Gasteiger partial charge >= 0.3 is 0 Å². The van der Waals surface area contributed by atoms with Gasteiger partial charge in [-0.25, -0.2) is 0 Å². The van der Waals surface area contributed by atoms with Gasteiger partial charge in [0.1, 0.15) is 24.2 Å². The van der Waals surface area contributed by atoms with Gasteiger partial charge < -0.3 is 19.5 Å². The summed E-state index contributed by atoms with van der Waals surface area (Å²) in [6, 6.07) is 17.8. The molecule has 0 bridgehead atoms. The largest absolute Gasteiger partial charge is 0.489 e. The number of amides is 2. The minimum atomic E-state index is -0.820. The normalized spacial score (nSPS) is 16.1. The van der Waals surface area contributed by atoms with E-state index in [2.05, 4.69) is 10.5 Å². The van der Waals surface area contributed by atoms with Crippen molar-refractivity contribution in [2.45, 2.75) is 12.5 Å². The lowest BCUT2D eigenvalue weighted by Crippen LogP contribution is -2.49. The lowest BCUT2D eigenvalue weighted by Gasteiger charge is -2.19. The average Bonchev–Trinajstić information content (AvgIpc) is 3.15. The number of nitrogens with zero attached hydrogens (tertiary/aromatic N) is 2. The Hall–Kier alpha value is -3.61. The van der Waals surface area contributed by atoms with E-state index in [0.29, 0.717) is 23.6 Å². The molecule has 1 aliphatic rings. The molecule has 28 heavy (non-hydrogen) atoms. The summed E-state index contributed by atoms with van der Waals surface area (Å²) in [6.45, 7) is 0.0423. The average molecular weight is 377 g/mol. The quantitative estimate of drug-likeness (QED) is 0.755. The summed E-state index contributed by atoms with van der Waals surface area (Å²) in [4.78, 5) is 26.7. The SMILES string of the molecule is CN1C(=O)[C@H](NC(=O)c2cc(Cc3ccccc3)on2)COc2ccccc21. The molecule has 0 aliphatic carbocycles. The number of anilines is 1. The number of likely N-dealkylation sites (N-methyl/N-ethyl adjacent to an activating group) is 1. The number of hydrogen-bond acceptors (Lipinski definition) is 5. The Morgan fingerprint density at radius 1 is 1.18 bits per heavy atom. The minimum absolute atomic E-state index is 0.0423. The Morgan fingerprint density at radius 2 is 1.93 bits per heavy atom. The standard InChI is InChI=1S/C21H19N3O4/c1-24-18-9-5-6-10-19(18)27-13-17(21(24)26)22-20(25)16-12-15(28-23-16)11-14-7-3-2-4-8-14/h2-10,12,17H,11,13H2,1H3,(H,22,25)/t17-/m1/s1. The number of benzene rings is 2. The van der Waals surface area contributed by atoms with Crippen LogP contribution >= 0.6 is 0 Å². The Bertz CT molecular complexity index is 1000. The van der Waals surface area contributed by atoms with Gasteiger partial charge in [-0.1, -0.05) is 47.6 Å². The number of para-hydroxylation sites is 2. The number of ether oxygens (including phenoxy) is 1. The van der Waals surface area contributed by atoms with Crippen LogP contribution in [-0.2, 0) is 11.2 Å². The zero-order chi connectivity index (χ0) is 19.5. The number of carbonyl (C=O) groups excluding carboxylic acids is 2. The third-order valence-corrected chi connectivity index (χ3v) is 4.58. The van der Waals surface area contributed by atoms with Crippen LogP contribution in [0, 0.1) is 0 Å². The molecule has 4 rings (SSSR count). The molecule has 0 spiro atoms. The number of aromatic nitrogens is 1. The molecule has 7 heteroatoms. The molecule has 0 fully saturated rings. The first-order valence-electron chi connectivity index (χ1n) is 8.91. The fourth-order valence-electron chi connectivity index (χ4n) is 3.09. The molecule has 0 saturated carbocycles. The van der Waals surface area contributed by atoms with Crippen LogP contribution in [-0.4, -0.2) is 36.7 Å². The molecule has 0 saturated heterocycles. The second-order valence-corrected chi connectivity index (χ2v) is 6.54. The topological polar surface area (TPSA) is 84.7 Å². The molecule has 1 N–H and O–H groups in total. The van der Waals surface area contributed by atoms with E-state index in [1.54, 1.807) is 25.2 Å². The van der Waals surface area contributed by atoms with Gasteiger partial charge in [0.15, 0.2) is 5.69 Å². The van der Waals surface area contributed by atoms with Crippen molar-refractivity contribution in [1.29, 1.82) is 0 Å². The lowest BCUT2D eigenvalue weighted by molar-refractivity contribution is -0.120. The summed E-state index contributed by atoms with van der Waals surface area (Å²) >= 11 is 0. The van der Waals surface area contributed by atoms with Crippen molar-refractivity contribution < 1.29 is 18.8 Å². The van der Waals surface area contributed by atoms with E-state index in [1.807, 2.05) is 42.5 Å². The number of carbonyl (C=O) groups is 2. The minimum Gasteiger partial charge on any atom is -0.489 e. The van der Waals surface area contributed by atoms with Gasteiger partial charge in [0.25, 0.3) is 11.8 Å². The number of hydrogen-bond donors (Lipinski definition) is 1. The number of nitrogens with one attached hydrogen (secondary N) is 1. The highest BCUT2D eigenvalue weighted by molar-refractivity contribution is 6.02. The summed E-state index contributed by atoms with van der Waals surface area (Å²) in [5.41, 5.74) is 1.84. The molecular weight excluding hydrogens is 358 g/mol. The molecule has 2 heterocycles. The number of fused-ring (bicyclic) bond motifs is 1. The van der Waals surface area contributed by atoms with Crippen LogP contribution in [0.2, 0.25) is 0 Å². The summed E-state index contributed by atoms with van der Waals surface area (Å²) in [5.74, 6) is 0.432. The molecule has 2 amide bonds. The van der Waals surface area contributed by atoms with Crippen molar-refractivity contribution in [1.82, 2.24) is 10.5 Å². The third-order valence-electron chi connectivity index (χ3n) is 4.58. The van der Waals surface area contributed by atoms with Gasteiger partial charge in [0.2, 0.25) is 0 Å². The van der Waals surface area contributed by atoms with E-state index >= 15 is 0 Å². The summed E-state index contributed by atoms with van der Waals surface area (Å²) < 4.78 is 11.0. The molecule has 142 valence electrons. The summed E-state index contributed by atoms with van der Waals surface area (Å²) in [7, 11) is 1.66. The van der Waals surface area contributed by atoms with Gasteiger partial charge in [-0.3, -0.25) is 9.59 Å². The highest BCUT2D eigenvalue weighted by atomic mass is 16.5. The van der Waals surface area contributed by atoms with Crippen LogP contribution in [0.4, 0.5) is 5.69 Å². The fourth-order valence-corrected chi connectivity index (χ4v) is 3.09. The molecule has 3 aromatic rings. The Labute approximate surface area is 161 Å². The van der Waals surface area contributed by atoms with Crippen LogP contribution in [0.25, 0.3) is 0 Å². The van der Waals surface area contributed by atoms with Gasteiger partial charge in [0, 0.05) is 19.5 Å². The number of rotatable bonds is 4. The second kappa shape index (κ2) is 7.56. The van der Waals surface area contributed by atoms with Crippen LogP contribution in [0.5, 0.6) is 5.75 Å². The van der Waals surface area contributed by atoms with E-state index in [1.165, 1.54) is 4.90 Å². The first kappa shape index (κ1) is 17.8. The first-order valence-corrected chi connectivity index (χ1v) is 8.91. The van der Waals surface area contributed by atoms with E-state index in [4.69, 9.17) is 9.26 Å². The molecule has 0 unspecified atom stereocenters. The van der Waals surface area contributed by atoms with Crippen molar-refractivity contribution in [2.24, 2.45) is 0 Å². The summed E-state index contributed by atoms with van der Waals surface area (Å²) in [6.07, 6.45) is 0.532. The van der Waals surface area contributed by atoms with Crippen molar-refractivity contribution in [3.8, 4) is 5.75 Å². The van der Waals surface area contributed by atoms with Gasteiger partial charge in [-0.2, -0.15) is 0 Å². The molecule has 1 aliphatic heterocycles. The van der Waals surface area contributed by atoms with Crippen LogP contribution in [0.3, 0.4) is 0 Å². The monoisotopic (exact) mass is 377 g/mol. The zero-order valence-corrected chi connectivity index (χ0v) is 15.3. The fraction of sp³-hybridized carbons (Fsp3) is 0.190. The summed E-state index contributed by atoms with van der Waals surface area (Å²) in [5, 5.41) is 6.52. The van der Waals surface area contributed by atoms with Crippen LogP contribution in [0.15, 0.2) is 65.2 Å². The second-order valence-electron chi connectivity index (χ2n) is 6.54. The zero-order valence-electron chi connectivity index (χ0n) is 15.3. The Morgan fingerprint density at radius 3 is 2.75 bits per heavy atom. The molecular formula is C21H19N3O4. The first-order chi connectivity index (χ1) is 13.6. The van der Waals surface area contributed by atoms with Gasteiger partial charge in [0.05, 0.1) is 5.69 Å². The smallest absolute Gasteiger partial charge is 0.274 e. The molecule has 2 aromatic carbocycles. The molecule has 1 aromatic heterocycles. The highest BCUT2D eigenvalue weighted by Gasteiger charge is 2.31. The predicted octanol–water partition coefficient (Wildman–Crippen LogP) is 2.42. The van der Waals surface area contributed by atoms with Crippen molar-refractivity contribution in [2.75, 3.05) is 18.6 Å². The van der Waals surface area contributed by atoms with Crippen LogP contribution in [0.1, 0.15) is 21.8 Å². The maximum Gasteiger partial charge on any atom is 0.274 e. The van der Waals surface area contributed by atoms with Crippen molar-refractivity contribution in [3.63, 3.8) is 0 Å². The predicted molar refractivity (Wildman–Crippen MR) is 102 cm³/mol. The van der Waals surface area contributed by atoms with E-state index in [9.17, 15) is 9.59 Å². The van der Waals surface area contributed by atoms with Gasteiger partial charge in [-0.05, 0) is 17.7 Å². The third kappa shape index (κ3) is 3.59. The van der Waals surface area contributed by atoms with E-state index in [0.717, 1.165) is 5.56 Å². The van der Waals surface area contributed by atoms with Gasteiger partial charge in [-0.15, -0.1) is 0 Å². The molecule has 0 radical (unpaired) electrons. The van der Waals surface area contributed by atoms with E-state index in [-0.39, 0.29) is 18.2 Å². The Kier molecular flexibility index (Phi) is 4.80. The van der Waals surface area contributed by atoms with Crippen LogP contribution < -0.4 is 15.0 Å². The maximum atomic E-state index is 12.7. The van der Waals surface area contributed by atoms with Crippen molar-refractivity contribution in [3.05, 3.63) is 77.7 Å². The molecule has 7 nitrogen and oxygen atoms in total. The van der Waals surface area contributed by atoms with E-state index < -0.39 is 11.9 Å². The maximum absolute atomic E-state index is 12.7. The molecule has 1 atom stereocenters. The lowest BCUT2D eigenvalue weighted by atomic mass is 10.1. The Balaban J connectivity index is 1.45. The van der Waals surface area contributed by atoms with Crippen molar-refractivity contribution >= 4 is 17.5 Å². The highest BCUT2D eigenvalue weighted by Crippen LogP contribution is 2.29.